The number of carbonyl (C=O) groups excluding carboxylic acids is 1. The molecule has 1 aromatic carbocycles. The molecule has 0 spiro atoms. The number of ether oxygens (including phenoxy) is 1. The van der Waals surface area contributed by atoms with Crippen molar-refractivity contribution in [1.82, 2.24) is 5.32 Å². The smallest absolute Gasteiger partial charge is 0.239 e. The molecule has 0 heterocycles. The second-order valence-electron chi connectivity index (χ2n) is 5.53. The topological polar surface area (TPSA) is 50.4 Å². The van der Waals surface area contributed by atoms with Crippen LogP contribution in [0, 0.1) is 0 Å². The molecular weight excluding hydrogens is 240 g/mol. The van der Waals surface area contributed by atoms with Crippen LogP contribution >= 0.6 is 0 Å². The van der Waals surface area contributed by atoms with Gasteiger partial charge in [-0.1, -0.05) is 13.0 Å². The second-order valence-corrected chi connectivity index (χ2v) is 5.53. The molecule has 0 aromatic heterocycles. The molecule has 1 amide bonds. The van der Waals surface area contributed by atoms with Gasteiger partial charge in [0.25, 0.3) is 0 Å². The molecule has 0 bridgehead atoms. The first-order valence-electron chi connectivity index (χ1n) is 6.68. The lowest BCUT2D eigenvalue weighted by Crippen LogP contribution is -2.43. The van der Waals surface area contributed by atoms with E-state index in [1.165, 1.54) is 0 Å². The van der Waals surface area contributed by atoms with E-state index < -0.39 is 0 Å². The van der Waals surface area contributed by atoms with Gasteiger partial charge in [0.2, 0.25) is 5.91 Å². The van der Waals surface area contributed by atoms with E-state index in [1.54, 1.807) is 0 Å². The van der Waals surface area contributed by atoms with Gasteiger partial charge in [-0.15, -0.1) is 0 Å². The van der Waals surface area contributed by atoms with Crippen molar-refractivity contribution in [3.8, 4) is 5.75 Å². The zero-order valence-electron chi connectivity index (χ0n) is 12.2. The van der Waals surface area contributed by atoms with Gasteiger partial charge in [0.1, 0.15) is 5.75 Å². The van der Waals surface area contributed by atoms with Crippen molar-refractivity contribution in [1.29, 1.82) is 0 Å². The van der Waals surface area contributed by atoms with Crippen LogP contribution in [0.2, 0.25) is 0 Å². The van der Waals surface area contributed by atoms with Gasteiger partial charge in [-0.25, -0.2) is 0 Å². The van der Waals surface area contributed by atoms with E-state index in [0.29, 0.717) is 6.61 Å². The molecule has 0 atom stereocenters. The van der Waals surface area contributed by atoms with Crippen LogP contribution < -0.4 is 15.4 Å². The van der Waals surface area contributed by atoms with Gasteiger partial charge in [0.05, 0.1) is 13.2 Å². The predicted molar refractivity (Wildman–Crippen MR) is 78.6 cm³/mol. The van der Waals surface area contributed by atoms with Crippen molar-refractivity contribution < 1.29 is 9.53 Å². The minimum absolute atomic E-state index is 0.0209. The normalized spacial score (nSPS) is 10.9. The fourth-order valence-corrected chi connectivity index (χ4v) is 1.56. The van der Waals surface area contributed by atoms with E-state index in [1.807, 2.05) is 45.0 Å². The highest BCUT2D eigenvalue weighted by Gasteiger charge is 2.13. The molecule has 0 saturated carbocycles. The Morgan fingerprint density at radius 1 is 1.32 bits per heavy atom. The molecule has 4 heteroatoms. The summed E-state index contributed by atoms with van der Waals surface area (Å²) in [7, 11) is 0. The Bertz CT molecular complexity index is 411. The molecule has 0 aliphatic carbocycles. The Labute approximate surface area is 115 Å². The molecule has 0 saturated heterocycles. The third-order valence-electron chi connectivity index (χ3n) is 2.27. The Hall–Kier alpha value is -1.71. The summed E-state index contributed by atoms with van der Waals surface area (Å²) in [6.45, 7) is 8.92. The summed E-state index contributed by atoms with van der Waals surface area (Å²) < 4.78 is 5.54. The molecule has 0 fully saturated rings. The molecule has 1 rings (SSSR count). The fourth-order valence-electron chi connectivity index (χ4n) is 1.56. The summed E-state index contributed by atoms with van der Waals surface area (Å²) >= 11 is 0. The lowest BCUT2D eigenvalue weighted by atomic mass is 10.1. The number of benzene rings is 1. The van der Waals surface area contributed by atoms with Gasteiger partial charge in [-0.2, -0.15) is 0 Å². The molecule has 2 N–H and O–H groups in total. The molecule has 19 heavy (non-hydrogen) atoms. The van der Waals surface area contributed by atoms with E-state index >= 15 is 0 Å². The van der Waals surface area contributed by atoms with Crippen molar-refractivity contribution in [3.05, 3.63) is 24.3 Å². The Balaban J connectivity index is 2.46. The van der Waals surface area contributed by atoms with E-state index in [-0.39, 0.29) is 18.0 Å². The maximum absolute atomic E-state index is 11.7. The first-order valence-corrected chi connectivity index (χ1v) is 6.68. The summed E-state index contributed by atoms with van der Waals surface area (Å²) in [6, 6.07) is 7.65. The maximum atomic E-state index is 11.7. The highest BCUT2D eigenvalue weighted by atomic mass is 16.5. The average molecular weight is 264 g/mol. The van der Waals surface area contributed by atoms with E-state index in [9.17, 15) is 4.79 Å². The molecular formula is C15H24N2O2. The lowest BCUT2D eigenvalue weighted by molar-refractivity contribution is -0.120. The Morgan fingerprint density at radius 3 is 2.68 bits per heavy atom. The van der Waals surface area contributed by atoms with Crippen LogP contribution in [0.3, 0.4) is 0 Å². The lowest BCUT2D eigenvalue weighted by Gasteiger charge is -2.20. The highest BCUT2D eigenvalue weighted by Crippen LogP contribution is 2.17. The predicted octanol–water partition coefficient (Wildman–Crippen LogP) is 2.80. The molecule has 0 unspecified atom stereocenters. The minimum Gasteiger partial charge on any atom is -0.494 e. The van der Waals surface area contributed by atoms with Crippen LogP contribution in [0.5, 0.6) is 5.75 Å². The largest absolute Gasteiger partial charge is 0.494 e. The highest BCUT2D eigenvalue weighted by molar-refractivity contribution is 5.81. The van der Waals surface area contributed by atoms with E-state index in [2.05, 4.69) is 17.6 Å². The molecule has 106 valence electrons. The first kappa shape index (κ1) is 15.3. The number of hydrogen-bond donors (Lipinski definition) is 2. The van der Waals surface area contributed by atoms with Crippen LogP contribution in [0.25, 0.3) is 0 Å². The van der Waals surface area contributed by atoms with Crippen molar-refractivity contribution in [2.75, 3.05) is 18.5 Å². The van der Waals surface area contributed by atoms with Crippen molar-refractivity contribution in [2.45, 2.75) is 39.7 Å². The van der Waals surface area contributed by atoms with Gasteiger partial charge < -0.3 is 15.4 Å². The number of nitrogens with one attached hydrogen (secondary N) is 2. The minimum atomic E-state index is -0.204. The number of anilines is 1. The molecule has 0 aliphatic rings. The number of hydrogen-bond acceptors (Lipinski definition) is 3. The summed E-state index contributed by atoms with van der Waals surface area (Å²) in [6.07, 6.45) is 0.978. The van der Waals surface area contributed by atoms with Crippen molar-refractivity contribution in [2.24, 2.45) is 0 Å². The van der Waals surface area contributed by atoms with Crippen molar-refractivity contribution >= 4 is 11.6 Å². The SMILES string of the molecule is CCCOc1cccc(NCC(=O)NC(C)(C)C)c1. The maximum Gasteiger partial charge on any atom is 0.239 e. The monoisotopic (exact) mass is 264 g/mol. The zero-order valence-corrected chi connectivity index (χ0v) is 12.2. The number of amides is 1. The fraction of sp³-hybridized carbons (Fsp3) is 0.533. The van der Waals surface area contributed by atoms with Crippen molar-refractivity contribution in [3.63, 3.8) is 0 Å². The number of rotatable bonds is 6. The Kier molecular flexibility index (Phi) is 5.67. The zero-order chi connectivity index (χ0) is 14.3. The van der Waals surface area contributed by atoms with Crippen LogP contribution in [0.4, 0.5) is 5.69 Å². The van der Waals surface area contributed by atoms with Gasteiger partial charge in [-0.3, -0.25) is 4.79 Å². The van der Waals surface area contributed by atoms with Crippen LogP contribution in [0.15, 0.2) is 24.3 Å². The Morgan fingerprint density at radius 2 is 2.05 bits per heavy atom. The average Bonchev–Trinajstić information content (AvgIpc) is 2.32. The summed E-state index contributed by atoms with van der Waals surface area (Å²) in [5.74, 6) is 0.801. The molecule has 1 aromatic rings. The standard InChI is InChI=1S/C15H24N2O2/c1-5-9-19-13-8-6-7-12(10-13)16-11-14(18)17-15(2,3)4/h6-8,10,16H,5,9,11H2,1-4H3,(H,17,18). The summed E-state index contributed by atoms with van der Waals surface area (Å²) in [5.41, 5.74) is 0.683. The second kappa shape index (κ2) is 7.02. The molecule has 4 nitrogen and oxygen atoms in total. The van der Waals surface area contributed by atoms with Crippen LogP contribution in [-0.2, 0) is 4.79 Å². The third-order valence-corrected chi connectivity index (χ3v) is 2.27. The first-order chi connectivity index (χ1) is 8.90. The van der Waals surface area contributed by atoms with E-state index in [0.717, 1.165) is 17.9 Å². The van der Waals surface area contributed by atoms with Crippen LogP contribution in [-0.4, -0.2) is 24.6 Å². The summed E-state index contributed by atoms with van der Waals surface area (Å²) in [4.78, 5) is 11.7. The van der Waals surface area contributed by atoms with Crippen LogP contribution in [0.1, 0.15) is 34.1 Å². The van der Waals surface area contributed by atoms with Gasteiger partial charge >= 0.3 is 0 Å². The quantitative estimate of drug-likeness (QED) is 0.830. The summed E-state index contributed by atoms with van der Waals surface area (Å²) in [5, 5.41) is 6.00. The molecule has 0 radical (unpaired) electrons. The van der Waals surface area contributed by atoms with E-state index in [4.69, 9.17) is 4.74 Å². The van der Waals surface area contributed by atoms with Gasteiger partial charge in [0.15, 0.2) is 0 Å². The molecule has 0 aliphatic heterocycles. The number of carbonyl (C=O) groups is 1. The van der Waals surface area contributed by atoms with Gasteiger partial charge in [-0.05, 0) is 39.3 Å². The third kappa shape index (κ3) is 6.70. The van der Waals surface area contributed by atoms with Gasteiger partial charge in [0, 0.05) is 17.3 Å².